The summed E-state index contributed by atoms with van der Waals surface area (Å²) in [5, 5.41) is 9.27. The van der Waals surface area contributed by atoms with Gasteiger partial charge in [0.05, 0.1) is 12.1 Å². The van der Waals surface area contributed by atoms with Crippen molar-refractivity contribution in [2.45, 2.75) is 12.5 Å². The molecule has 1 unspecified atom stereocenters. The molecule has 3 N–H and O–H groups in total. The molecule has 0 saturated heterocycles. The van der Waals surface area contributed by atoms with Crippen molar-refractivity contribution in [2.24, 2.45) is 5.73 Å². The van der Waals surface area contributed by atoms with Gasteiger partial charge in [-0.3, -0.25) is 0 Å². The maximum Gasteiger partial charge on any atom is 0.137 e. The number of hydrogen-bond donors (Lipinski definition) is 2. The van der Waals surface area contributed by atoms with Crippen LogP contribution in [-0.4, -0.2) is 18.8 Å². The molecule has 1 atom stereocenters. The highest BCUT2D eigenvalue weighted by atomic mass is 35.5. The van der Waals surface area contributed by atoms with E-state index in [-0.39, 0.29) is 25.1 Å². The second kappa shape index (κ2) is 6.90. The quantitative estimate of drug-likeness (QED) is 0.863. The van der Waals surface area contributed by atoms with Crippen molar-refractivity contribution in [3.05, 3.63) is 28.8 Å². The van der Waals surface area contributed by atoms with Gasteiger partial charge in [-0.05, 0) is 24.1 Å². The summed E-state index contributed by atoms with van der Waals surface area (Å²) in [5.74, 6) is 0.631. The van der Waals surface area contributed by atoms with Gasteiger partial charge >= 0.3 is 0 Å². The van der Waals surface area contributed by atoms with Crippen LogP contribution in [0.3, 0.4) is 0 Å². The highest BCUT2D eigenvalue weighted by molar-refractivity contribution is 6.32. The van der Waals surface area contributed by atoms with E-state index in [1.807, 2.05) is 6.07 Å². The standard InChI is InChI=1S/C10H14ClNO2.ClH/c1-14-10-3-2-7(6-8(10)11)9(12)4-5-13;/h2-3,6,9,13H,4-5,12H2,1H3;1H. The molecule has 1 aromatic carbocycles. The van der Waals surface area contributed by atoms with Crippen LogP contribution in [0, 0.1) is 0 Å². The summed E-state index contributed by atoms with van der Waals surface area (Å²) in [6, 6.07) is 5.21. The molecule has 0 radical (unpaired) electrons. The van der Waals surface area contributed by atoms with E-state index in [0.29, 0.717) is 17.2 Å². The van der Waals surface area contributed by atoms with Crippen molar-refractivity contribution in [1.29, 1.82) is 0 Å². The van der Waals surface area contributed by atoms with Crippen molar-refractivity contribution in [1.82, 2.24) is 0 Å². The fourth-order valence-corrected chi connectivity index (χ4v) is 1.49. The second-order valence-electron chi connectivity index (χ2n) is 3.01. The van der Waals surface area contributed by atoms with Crippen LogP contribution in [0.2, 0.25) is 5.02 Å². The molecule has 0 saturated carbocycles. The van der Waals surface area contributed by atoms with Crippen LogP contribution >= 0.6 is 24.0 Å². The fraction of sp³-hybridized carbons (Fsp3) is 0.400. The molecule has 0 aliphatic rings. The molecule has 0 aliphatic carbocycles. The molecule has 0 spiro atoms. The zero-order valence-corrected chi connectivity index (χ0v) is 10.0. The minimum absolute atomic E-state index is 0. The molecule has 86 valence electrons. The zero-order valence-electron chi connectivity index (χ0n) is 8.44. The summed E-state index contributed by atoms with van der Waals surface area (Å²) >= 11 is 5.93. The summed E-state index contributed by atoms with van der Waals surface area (Å²) in [6.45, 7) is 0.0742. The van der Waals surface area contributed by atoms with E-state index < -0.39 is 0 Å². The largest absolute Gasteiger partial charge is 0.495 e. The Morgan fingerprint density at radius 3 is 2.67 bits per heavy atom. The van der Waals surface area contributed by atoms with Gasteiger partial charge in [0.25, 0.3) is 0 Å². The molecule has 0 heterocycles. The van der Waals surface area contributed by atoms with Gasteiger partial charge in [-0.2, -0.15) is 0 Å². The van der Waals surface area contributed by atoms with E-state index >= 15 is 0 Å². The van der Waals surface area contributed by atoms with E-state index in [9.17, 15) is 0 Å². The normalized spacial score (nSPS) is 11.7. The molecule has 1 aromatic rings. The molecular weight excluding hydrogens is 237 g/mol. The predicted octanol–water partition coefficient (Wildman–Crippen LogP) is 2.15. The second-order valence-corrected chi connectivity index (χ2v) is 3.42. The van der Waals surface area contributed by atoms with Crippen LogP contribution < -0.4 is 10.5 Å². The average Bonchev–Trinajstić information content (AvgIpc) is 2.18. The van der Waals surface area contributed by atoms with Crippen LogP contribution in [0.15, 0.2) is 18.2 Å². The number of aliphatic hydroxyl groups is 1. The fourth-order valence-electron chi connectivity index (χ4n) is 1.22. The number of methoxy groups -OCH3 is 1. The highest BCUT2D eigenvalue weighted by Crippen LogP contribution is 2.27. The van der Waals surface area contributed by atoms with Gasteiger partial charge in [0.15, 0.2) is 0 Å². The summed E-state index contributed by atoms with van der Waals surface area (Å²) < 4.78 is 5.02. The van der Waals surface area contributed by atoms with Gasteiger partial charge in [0, 0.05) is 12.6 Å². The van der Waals surface area contributed by atoms with E-state index in [0.717, 1.165) is 5.56 Å². The first-order chi connectivity index (χ1) is 6.69. The monoisotopic (exact) mass is 251 g/mol. The first-order valence-corrected chi connectivity index (χ1v) is 4.76. The maximum absolute atomic E-state index is 8.73. The van der Waals surface area contributed by atoms with Gasteiger partial charge in [0.2, 0.25) is 0 Å². The maximum atomic E-state index is 8.73. The van der Waals surface area contributed by atoms with Crippen LogP contribution in [0.25, 0.3) is 0 Å². The lowest BCUT2D eigenvalue weighted by atomic mass is 10.1. The Bertz CT molecular complexity index is 307. The summed E-state index contributed by atoms with van der Waals surface area (Å²) in [5.41, 5.74) is 6.71. The third-order valence-corrected chi connectivity index (χ3v) is 2.34. The first kappa shape index (κ1) is 14.5. The Balaban J connectivity index is 0.00000196. The number of halogens is 2. The summed E-state index contributed by atoms with van der Waals surface area (Å²) in [7, 11) is 1.56. The Kier molecular flexibility index (Phi) is 6.68. The molecule has 0 aliphatic heterocycles. The van der Waals surface area contributed by atoms with Gasteiger partial charge < -0.3 is 15.6 Å². The summed E-state index contributed by atoms with van der Waals surface area (Å²) in [6.07, 6.45) is 0.530. The molecule has 15 heavy (non-hydrogen) atoms. The number of aliphatic hydroxyl groups excluding tert-OH is 1. The van der Waals surface area contributed by atoms with E-state index in [4.69, 9.17) is 27.2 Å². The van der Waals surface area contributed by atoms with Gasteiger partial charge in [0.1, 0.15) is 5.75 Å². The highest BCUT2D eigenvalue weighted by Gasteiger charge is 2.08. The van der Waals surface area contributed by atoms with Crippen LogP contribution in [0.5, 0.6) is 5.75 Å². The molecule has 3 nitrogen and oxygen atoms in total. The predicted molar refractivity (Wildman–Crippen MR) is 63.9 cm³/mol. The van der Waals surface area contributed by atoms with E-state index in [1.165, 1.54) is 0 Å². The van der Waals surface area contributed by atoms with Crippen LogP contribution in [-0.2, 0) is 0 Å². The van der Waals surface area contributed by atoms with Crippen molar-refractivity contribution in [3.8, 4) is 5.75 Å². The first-order valence-electron chi connectivity index (χ1n) is 4.39. The minimum atomic E-state index is -0.177. The average molecular weight is 252 g/mol. The van der Waals surface area contributed by atoms with Gasteiger partial charge in [-0.15, -0.1) is 12.4 Å². The van der Waals surface area contributed by atoms with Crippen LogP contribution in [0.4, 0.5) is 0 Å². The minimum Gasteiger partial charge on any atom is -0.495 e. The third-order valence-electron chi connectivity index (χ3n) is 2.04. The Hall–Kier alpha value is -0.480. The molecular formula is C10H15Cl2NO2. The SMILES string of the molecule is COc1ccc(C(N)CCO)cc1Cl.Cl. The molecule has 0 bridgehead atoms. The number of rotatable bonds is 4. The Morgan fingerprint density at radius 1 is 1.53 bits per heavy atom. The smallest absolute Gasteiger partial charge is 0.137 e. The molecule has 0 fully saturated rings. The molecule has 5 heteroatoms. The van der Waals surface area contributed by atoms with Crippen molar-refractivity contribution in [2.75, 3.05) is 13.7 Å². The van der Waals surface area contributed by atoms with Gasteiger partial charge in [-0.1, -0.05) is 17.7 Å². The van der Waals surface area contributed by atoms with Crippen molar-refractivity contribution < 1.29 is 9.84 Å². The molecule has 0 amide bonds. The number of ether oxygens (including phenoxy) is 1. The number of benzene rings is 1. The van der Waals surface area contributed by atoms with Crippen molar-refractivity contribution >= 4 is 24.0 Å². The van der Waals surface area contributed by atoms with Crippen LogP contribution in [0.1, 0.15) is 18.0 Å². The number of hydrogen-bond acceptors (Lipinski definition) is 3. The third kappa shape index (κ3) is 3.87. The lowest BCUT2D eigenvalue weighted by Crippen LogP contribution is -2.11. The topological polar surface area (TPSA) is 55.5 Å². The Morgan fingerprint density at radius 2 is 2.20 bits per heavy atom. The van der Waals surface area contributed by atoms with Crippen molar-refractivity contribution in [3.63, 3.8) is 0 Å². The van der Waals surface area contributed by atoms with E-state index in [1.54, 1.807) is 19.2 Å². The van der Waals surface area contributed by atoms with E-state index in [2.05, 4.69) is 0 Å². The molecule has 0 aromatic heterocycles. The number of nitrogens with two attached hydrogens (primary N) is 1. The summed E-state index contributed by atoms with van der Waals surface area (Å²) in [4.78, 5) is 0. The Labute approximate surface area is 101 Å². The lowest BCUT2D eigenvalue weighted by Gasteiger charge is -2.11. The zero-order chi connectivity index (χ0) is 10.6. The van der Waals surface area contributed by atoms with Gasteiger partial charge in [-0.25, -0.2) is 0 Å². The lowest BCUT2D eigenvalue weighted by molar-refractivity contribution is 0.276. The molecule has 1 rings (SSSR count).